The quantitative estimate of drug-likeness (QED) is 0.816. The Morgan fingerprint density at radius 1 is 1.26 bits per heavy atom. The van der Waals surface area contributed by atoms with Gasteiger partial charge in [0.15, 0.2) is 0 Å². The van der Waals surface area contributed by atoms with E-state index >= 15 is 0 Å². The van der Waals surface area contributed by atoms with Gasteiger partial charge in [-0.1, -0.05) is 18.6 Å². The molecule has 1 aliphatic carbocycles. The molecule has 19 heavy (non-hydrogen) atoms. The van der Waals surface area contributed by atoms with Crippen LogP contribution in [0.3, 0.4) is 0 Å². The van der Waals surface area contributed by atoms with E-state index in [4.69, 9.17) is 10.5 Å². The standard InChI is InChI=1S/C15H21NO3/c16-14(10-11-6-8-12(17)9-7-11)15(18)19-13-4-2-1-3-5-13/h6-9,13-14,17H,1-5,10,16H2. The zero-order chi connectivity index (χ0) is 13.7. The fraction of sp³-hybridized carbons (Fsp3) is 0.533. The van der Waals surface area contributed by atoms with Crippen molar-refractivity contribution in [3.63, 3.8) is 0 Å². The van der Waals surface area contributed by atoms with E-state index in [-0.39, 0.29) is 17.8 Å². The van der Waals surface area contributed by atoms with Crippen molar-refractivity contribution in [2.45, 2.75) is 50.7 Å². The maximum atomic E-state index is 11.9. The number of ether oxygens (including phenoxy) is 1. The van der Waals surface area contributed by atoms with Gasteiger partial charge in [-0.3, -0.25) is 4.79 Å². The van der Waals surface area contributed by atoms with E-state index in [0.717, 1.165) is 31.2 Å². The Morgan fingerprint density at radius 2 is 1.89 bits per heavy atom. The second kappa shape index (κ2) is 6.57. The summed E-state index contributed by atoms with van der Waals surface area (Å²) in [6, 6.07) is 6.08. The van der Waals surface area contributed by atoms with E-state index in [1.54, 1.807) is 24.3 Å². The third-order valence-electron chi connectivity index (χ3n) is 3.53. The fourth-order valence-corrected chi connectivity index (χ4v) is 2.40. The molecule has 0 amide bonds. The van der Waals surface area contributed by atoms with Crippen LogP contribution in [0.5, 0.6) is 5.75 Å². The first-order valence-corrected chi connectivity index (χ1v) is 6.89. The Labute approximate surface area is 113 Å². The second-order valence-corrected chi connectivity index (χ2v) is 5.17. The average molecular weight is 263 g/mol. The van der Waals surface area contributed by atoms with E-state index in [1.807, 2.05) is 0 Å². The maximum absolute atomic E-state index is 11.9. The molecule has 1 aromatic carbocycles. The van der Waals surface area contributed by atoms with Crippen molar-refractivity contribution in [3.8, 4) is 5.75 Å². The molecule has 1 fully saturated rings. The monoisotopic (exact) mass is 263 g/mol. The highest BCUT2D eigenvalue weighted by Gasteiger charge is 2.22. The summed E-state index contributed by atoms with van der Waals surface area (Å²) in [5.41, 5.74) is 6.79. The minimum atomic E-state index is -0.633. The first-order valence-electron chi connectivity index (χ1n) is 6.89. The first-order chi connectivity index (χ1) is 9.15. The smallest absolute Gasteiger partial charge is 0.323 e. The van der Waals surface area contributed by atoms with Gasteiger partial charge in [-0.15, -0.1) is 0 Å². The second-order valence-electron chi connectivity index (χ2n) is 5.17. The number of carbonyl (C=O) groups excluding carboxylic acids is 1. The lowest BCUT2D eigenvalue weighted by Crippen LogP contribution is -2.37. The van der Waals surface area contributed by atoms with E-state index in [1.165, 1.54) is 6.42 Å². The summed E-state index contributed by atoms with van der Waals surface area (Å²) in [6.45, 7) is 0. The molecule has 1 atom stereocenters. The van der Waals surface area contributed by atoms with Crippen LogP contribution in [-0.2, 0) is 16.0 Å². The van der Waals surface area contributed by atoms with Gasteiger partial charge in [0.2, 0.25) is 0 Å². The summed E-state index contributed by atoms with van der Waals surface area (Å²) < 4.78 is 5.44. The molecule has 4 heteroatoms. The molecule has 2 rings (SSSR count). The number of carbonyl (C=O) groups is 1. The van der Waals surface area contributed by atoms with E-state index in [0.29, 0.717) is 6.42 Å². The van der Waals surface area contributed by atoms with Crippen molar-refractivity contribution in [1.29, 1.82) is 0 Å². The zero-order valence-electron chi connectivity index (χ0n) is 11.0. The van der Waals surface area contributed by atoms with Crippen LogP contribution in [0.25, 0.3) is 0 Å². The molecule has 1 unspecified atom stereocenters. The van der Waals surface area contributed by atoms with Crippen LogP contribution in [0, 0.1) is 0 Å². The van der Waals surface area contributed by atoms with Crippen molar-refractivity contribution in [2.24, 2.45) is 5.73 Å². The largest absolute Gasteiger partial charge is 0.508 e. The number of phenols is 1. The van der Waals surface area contributed by atoms with Crippen molar-refractivity contribution in [2.75, 3.05) is 0 Å². The number of esters is 1. The van der Waals surface area contributed by atoms with Gasteiger partial charge in [-0.05, 0) is 49.8 Å². The number of hydrogen-bond acceptors (Lipinski definition) is 4. The summed E-state index contributed by atoms with van der Waals surface area (Å²) in [5, 5.41) is 9.19. The minimum absolute atomic E-state index is 0.0483. The molecule has 0 aromatic heterocycles. The molecule has 1 aliphatic rings. The number of benzene rings is 1. The Balaban J connectivity index is 1.83. The summed E-state index contributed by atoms with van der Waals surface area (Å²) in [4.78, 5) is 11.9. The molecular formula is C15H21NO3. The number of nitrogens with two attached hydrogens (primary N) is 1. The Hall–Kier alpha value is -1.55. The van der Waals surface area contributed by atoms with Gasteiger partial charge in [0.25, 0.3) is 0 Å². The lowest BCUT2D eigenvalue weighted by atomic mass is 9.97. The molecule has 104 valence electrons. The number of aromatic hydroxyl groups is 1. The zero-order valence-corrected chi connectivity index (χ0v) is 11.0. The molecular weight excluding hydrogens is 242 g/mol. The van der Waals surface area contributed by atoms with Gasteiger partial charge in [0, 0.05) is 0 Å². The molecule has 1 aromatic rings. The van der Waals surface area contributed by atoms with Gasteiger partial charge in [0.05, 0.1) is 0 Å². The Morgan fingerprint density at radius 3 is 2.53 bits per heavy atom. The molecule has 0 radical (unpaired) electrons. The number of phenolic OH excluding ortho intramolecular Hbond substituents is 1. The Kier molecular flexibility index (Phi) is 4.80. The summed E-state index contributed by atoms with van der Waals surface area (Å²) in [6.07, 6.45) is 5.89. The van der Waals surface area contributed by atoms with Gasteiger partial charge >= 0.3 is 5.97 Å². The molecule has 0 spiro atoms. The van der Waals surface area contributed by atoms with Crippen LogP contribution in [0.15, 0.2) is 24.3 Å². The molecule has 4 nitrogen and oxygen atoms in total. The van der Waals surface area contributed by atoms with Crippen LogP contribution >= 0.6 is 0 Å². The van der Waals surface area contributed by atoms with E-state index < -0.39 is 6.04 Å². The van der Waals surface area contributed by atoms with Gasteiger partial charge in [-0.2, -0.15) is 0 Å². The summed E-state index contributed by atoms with van der Waals surface area (Å²) >= 11 is 0. The van der Waals surface area contributed by atoms with Crippen LogP contribution in [-0.4, -0.2) is 23.2 Å². The first kappa shape index (κ1) is 13.9. The SMILES string of the molecule is NC(Cc1ccc(O)cc1)C(=O)OC1CCCCC1. The summed E-state index contributed by atoms with van der Waals surface area (Å²) in [7, 11) is 0. The predicted molar refractivity (Wildman–Crippen MR) is 72.8 cm³/mol. The number of hydrogen-bond donors (Lipinski definition) is 2. The van der Waals surface area contributed by atoms with Crippen LogP contribution in [0.4, 0.5) is 0 Å². The van der Waals surface area contributed by atoms with Gasteiger partial charge in [0.1, 0.15) is 17.9 Å². The molecule has 0 heterocycles. The van der Waals surface area contributed by atoms with Crippen molar-refractivity contribution < 1.29 is 14.6 Å². The van der Waals surface area contributed by atoms with E-state index in [9.17, 15) is 9.90 Å². The molecule has 1 saturated carbocycles. The van der Waals surface area contributed by atoms with E-state index in [2.05, 4.69) is 0 Å². The third-order valence-corrected chi connectivity index (χ3v) is 3.53. The molecule has 3 N–H and O–H groups in total. The topological polar surface area (TPSA) is 72.5 Å². The van der Waals surface area contributed by atoms with Crippen LogP contribution in [0.2, 0.25) is 0 Å². The highest BCUT2D eigenvalue weighted by Crippen LogP contribution is 2.21. The lowest BCUT2D eigenvalue weighted by Gasteiger charge is -2.23. The third kappa shape index (κ3) is 4.24. The number of rotatable bonds is 4. The van der Waals surface area contributed by atoms with Crippen molar-refractivity contribution in [3.05, 3.63) is 29.8 Å². The minimum Gasteiger partial charge on any atom is -0.508 e. The lowest BCUT2D eigenvalue weighted by molar-refractivity contribution is -0.152. The molecule has 0 bridgehead atoms. The van der Waals surface area contributed by atoms with Crippen molar-refractivity contribution in [1.82, 2.24) is 0 Å². The predicted octanol–water partition coefficient (Wildman–Crippen LogP) is 2.14. The van der Waals surface area contributed by atoms with Crippen LogP contribution in [0.1, 0.15) is 37.7 Å². The average Bonchev–Trinajstić information content (AvgIpc) is 2.42. The van der Waals surface area contributed by atoms with Gasteiger partial charge in [-0.25, -0.2) is 0 Å². The highest BCUT2D eigenvalue weighted by molar-refractivity contribution is 5.76. The Bertz CT molecular complexity index is 410. The van der Waals surface area contributed by atoms with Gasteiger partial charge < -0.3 is 15.6 Å². The maximum Gasteiger partial charge on any atom is 0.323 e. The van der Waals surface area contributed by atoms with Crippen molar-refractivity contribution >= 4 is 5.97 Å². The normalized spacial score (nSPS) is 17.9. The molecule has 0 saturated heterocycles. The summed E-state index contributed by atoms with van der Waals surface area (Å²) in [5.74, 6) is -0.109. The van der Waals surface area contributed by atoms with Crippen LogP contribution < -0.4 is 5.73 Å². The molecule has 0 aliphatic heterocycles. The highest BCUT2D eigenvalue weighted by atomic mass is 16.5. The fourth-order valence-electron chi connectivity index (χ4n) is 2.40.